The first-order valence-corrected chi connectivity index (χ1v) is 10.6. The van der Waals surface area contributed by atoms with Gasteiger partial charge in [-0.05, 0) is 49.6 Å². The van der Waals surface area contributed by atoms with Gasteiger partial charge in [-0.15, -0.1) is 0 Å². The van der Waals surface area contributed by atoms with E-state index in [1.165, 1.54) is 43.8 Å². The largest absolute Gasteiger partial charge is 0.457 e. The molecule has 0 aliphatic heterocycles. The fourth-order valence-electron chi connectivity index (χ4n) is 3.55. The summed E-state index contributed by atoms with van der Waals surface area (Å²) in [6.45, 7) is 3.24. The Balaban J connectivity index is 1.46. The Morgan fingerprint density at radius 1 is 1.06 bits per heavy atom. The van der Waals surface area contributed by atoms with Crippen molar-refractivity contribution in [3.8, 4) is 23.3 Å². The Bertz CT molecular complexity index is 1710. The summed E-state index contributed by atoms with van der Waals surface area (Å²) < 4.78 is 37.8. The maximum absolute atomic E-state index is 15.3. The monoisotopic (exact) mass is 485 g/mol. The van der Waals surface area contributed by atoms with Crippen molar-refractivity contribution in [3.05, 3.63) is 72.4 Å². The summed E-state index contributed by atoms with van der Waals surface area (Å²) in [4.78, 5) is 24.1. The van der Waals surface area contributed by atoms with Gasteiger partial charge >= 0.3 is 0 Å². The lowest BCUT2D eigenvalue weighted by Gasteiger charge is -2.14. The first-order chi connectivity index (χ1) is 17.4. The average Bonchev–Trinajstić information content (AvgIpc) is 3.32. The first kappa shape index (κ1) is 22.7. The number of aryl methyl sites for hydroxylation is 1. The second-order valence-electron chi connectivity index (χ2n) is 7.62. The molecule has 2 aromatic carbocycles. The van der Waals surface area contributed by atoms with E-state index in [1.54, 1.807) is 29.8 Å². The number of fused-ring (bicyclic) bond motifs is 2. The van der Waals surface area contributed by atoms with Crippen LogP contribution in [0.4, 0.5) is 26.0 Å². The molecule has 0 unspecified atom stereocenters. The molecule has 0 aliphatic rings. The average molecular weight is 485 g/mol. The smallest absolute Gasteiger partial charge is 0.300 e. The molecule has 9 nitrogen and oxygen atoms in total. The van der Waals surface area contributed by atoms with E-state index in [0.717, 1.165) is 0 Å². The molecule has 3 heterocycles. The molecular weight excluding hydrogens is 468 g/mol. The molecule has 178 valence electrons. The number of hydrogen-bond acceptors (Lipinski definition) is 7. The Hall–Kier alpha value is -5.11. The summed E-state index contributed by atoms with van der Waals surface area (Å²) in [6, 6.07) is 9.00. The number of rotatable bonds is 5. The van der Waals surface area contributed by atoms with Crippen LogP contribution in [0.3, 0.4) is 0 Å². The molecule has 1 amide bonds. The highest BCUT2D eigenvalue weighted by molar-refractivity contribution is 6.05. The van der Waals surface area contributed by atoms with Crippen molar-refractivity contribution >= 4 is 39.6 Å². The lowest BCUT2D eigenvalue weighted by Crippen LogP contribution is -2.10. The summed E-state index contributed by atoms with van der Waals surface area (Å²) >= 11 is 0. The summed E-state index contributed by atoms with van der Waals surface area (Å²) in [5, 5.41) is 9.22. The van der Waals surface area contributed by atoms with E-state index in [1.807, 2.05) is 0 Å². The number of nitrogens with one attached hydrogen (secondary N) is 2. The molecule has 0 spiro atoms. The predicted molar refractivity (Wildman–Crippen MR) is 129 cm³/mol. The van der Waals surface area contributed by atoms with Gasteiger partial charge in [-0.2, -0.15) is 5.10 Å². The number of hydrogen-bond donors (Lipinski definition) is 2. The van der Waals surface area contributed by atoms with Crippen molar-refractivity contribution in [3.63, 3.8) is 0 Å². The van der Waals surface area contributed by atoms with Crippen LogP contribution >= 0.6 is 0 Å². The number of aromatic nitrogens is 5. The van der Waals surface area contributed by atoms with Crippen LogP contribution in [0.5, 0.6) is 11.5 Å². The summed E-state index contributed by atoms with van der Waals surface area (Å²) in [5.74, 6) is 3.43. The summed E-state index contributed by atoms with van der Waals surface area (Å²) in [7, 11) is 0. The van der Waals surface area contributed by atoms with E-state index in [9.17, 15) is 4.79 Å². The van der Waals surface area contributed by atoms with Gasteiger partial charge in [-0.1, -0.05) is 5.92 Å². The summed E-state index contributed by atoms with van der Waals surface area (Å²) in [6.07, 6.45) is 4.33. The molecule has 3 aromatic heterocycles. The number of pyridine rings is 1. The van der Waals surface area contributed by atoms with Gasteiger partial charge in [0.05, 0.1) is 22.3 Å². The predicted octanol–water partition coefficient (Wildman–Crippen LogP) is 4.76. The molecule has 36 heavy (non-hydrogen) atoms. The molecule has 0 saturated carbocycles. The highest BCUT2D eigenvalue weighted by Crippen LogP contribution is 2.34. The van der Waals surface area contributed by atoms with Gasteiger partial charge < -0.3 is 15.4 Å². The minimum absolute atomic E-state index is 0.0150. The van der Waals surface area contributed by atoms with Gasteiger partial charge in [0.15, 0.2) is 11.5 Å². The number of carbonyl (C=O) groups is 1. The van der Waals surface area contributed by atoms with Crippen molar-refractivity contribution in [2.45, 2.75) is 13.8 Å². The SMILES string of the molecule is CC#CC(=O)Nc1ccc2ncnc(Nc3cc(C)c(Oc4ccn5ncnc5c4)cc3F)c2c1F. The molecule has 0 aliphatic carbocycles. The molecule has 0 atom stereocenters. The van der Waals surface area contributed by atoms with E-state index in [0.29, 0.717) is 22.7 Å². The number of benzene rings is 2. The maximum Gasteiger partial charge on any atom is 0.300 e. The van der Waals surface area contributed by atoms with Gasteiger partial charge in [0, 0.05) is 18.3 Å². The second kappa shape index (κ2) is 9.27. The second-order valence-corrected chi connectivity index (χ2v) is 7.62. The fraction of sp³-hybridized carbons (Fsp3) is 0.0800. The van der Waals surface area contributed by atoms with Crippen molar-refractivity contribution < 1.29 is 18.3 Å². The van der Waals surface area contributed by atoms with E-state index < -0.39 is 17.5 Å². The molecule has 5 rings (SSSR count). The lowest BCUT2D eigenvalue weighted by atomic mass is 10.1. The topological polar surface area (TPSA) is 106 Å². The molecule has 0 fully saturated rings. The molecule has 2 N–H and O–H groups in total. The van der Waals surface area contributed by atoms with Crippen LogP contribution in [0, 0.1) is 30.4 Å². The van der Waals surface area contributed by atoms with Crippen LogP contribution in [0.1, 0.15) is 12.5 Å². The van der Waals surface area contributed by atoms with Crippen molar-refractivity contribution in [1.29, 1.82) is 0 Å². The molecule has 0 radical (unpaired) electrons. The first-order valence-electron chi connectivity index (χ1n) is 10.6. The summed E-state index contributed by atoms with van der Waals surface area (Å²) in [5.41, 5.74) is 1.42. The maximum atomic E-state index is 15.3. The van der Waals surface area contributed by atoms with Crippen LogP contribution in [-0.4, -0.2) is 30.5 Å². The minimum Gasteiger partial charge on any atom is -0.457 e. The van der Waals surface area contributed by atoms with Crippen molar-refractivity contribution in [2.75, 3.05) is 10.6 Å². The number of halogens is 2. The van der Waals surface area contributed by atoms with Crippen LogP contribution < -0.4 is 15.4 Å². The quantitative estimate of drug-likeness (QED) is 0.346. The molecular formula is C25H17F2N7O2. The zero-order valence-corrected chi connectivity index (χ0v) is 19.0. The zero-order valence-electron chi connectivity index (χ0n) is 19.0. The highest BCUT2D eigenvalue weighted by atomic mass is 19.1. The van der Waals surface area contributed by atoms with Crippen LogP contribution in [0.15, 0.2) is 55.2 Å². The van der Waals surface area contributed by atoms with Crippen molar-refractivity contribution in [2.24, 2.45) is 0 Å². The van der Waals surface area contributed by atoms with Crippen LogP contribution in [0.25, 0.3) is 16.6 Å². The number of nitrogens with zero attached hydrogens (tertiary/aromatic N) is 5. The minimum atomic E-state index is -0.775. The van der Waals surface area contributed by atoms with Crippen molar-refractivity contribution in [1.82, 2.24) is 24.6 Å². The Kier molecular flexibility index (Phi) is 5.83. The van der Waals surface area contributed by atoms with Gasteiger partial charge in [0.2, 0.25) is 0 Å². The number of ether oxygens (including phenoxy) is 1. The van der Waals surface area contributed by atoms with Gasteiger partial charge in [0.1, 0.15) is 35.8 Å². The van der Waals surface area contributed by atoms with Gasteiger partial charge in [-0.3, -0.25) is 4.79 Å². The Morgan fingerprint density at radius 3 is 2.75 bits per heavy atom. The molecule has 11 heteroatoms. The molecule has 0 bridgehead atoms. The number of anilines is 3. The number of amides is 1. The highest BCUT2D eigenvalue weighted by Gasteiger charge is 2.17. The Labute approximate surface area is 203 Å². The standard InChI is InChI=1S/C25H17F2N7O2/c1-3-4-22(35)32-18-6-5-17-23(24(18)27)25(30-12-28-17)33-19-9-14(2)20(11-16(19)26)36-15-7-8-34-21(10-15)29-13-31-34/h5-13H,1-2H3,(H,32,35)(H,28,30,33). The van der Waals surface area contributed by atoms with Gasteiger partial charge in [-0.25, -0.2) is 28.2 Å². The normalized spacial score (nSPS) is 10.7. The third-order valence-electron chi connectivity index (χ3n) is 5.22. The molecule has 5 aromatic rings. The number of carbonyl (C=O) groups excluding carboxylic acids is 1. The fourth-order valence-corrected chi connectivity index (χ4v) is 3.55. The Morgan fingerprint density at radius 2 is 1.92 bits per heavy atom. The van der Waals surface area contributed by atoms with E-state index in [-0.39, 0.29) is 28.1 Å². The van der Waals surface area contributed by atoms with Crippen LogP contribution in [0.2, 0.25) is 0 Å². The van der Waals surface area contributed by atoms with E-state index in [2.05, 4.69) is 42.5 Å². The molecule has 0 saturated heterocycles. The van der Waals surface area contributed by atoms with Gasteiger partial charge in [0.25, 0.3) is 5.91 Å². The van der Waals surface area contributed by atoms with E-state index >= 15 is 8.78 Å². The van der Waals surface area contributed by atoms with Crippen LogP contribution in [-0.2, 0) is 4.79 Å². The lowest BCUT2D eigenvalue weighted by molar-refractivity contribution is -0.111. The zero-order chi connectivity index (χ0) is 25.2. The third kappa shape index (κ3) is 4.35. The van der Waals surface area contributed by atoms with E-state index in [4.69, 9.17) is 4.74 Å². The third-order valence-corrected chi connectivity index (χ3v) is 5.22.